The fraction of sp³-hybridized carbons (Fsp3) is 0.200. The number of allylic oxidation sites excluding steroid dienone is 2. The largest absolute Gasteiger partial charge is 0.437 e. The minimum absolute atomic E-state index is 0.0134. The van der Waals surface area contributed by atoms with Crippen molar-refractivity contribution in [3.05, 3.63) is 79.1 Å². The third kappa shape index (κ3) is 6.07. The number of pyridine rings is 2. The zero-order chi connectivity index (χ0) is 19.5. The summed E-state index contributed by atoms with van der Waals surface area (Å²) >= 11 is 0. The number of nitrogens with zero attached hydrogens (tertiary/aromatic N) is 4. The monoisotopic (exact) mass is 364 g/mol. The van der Waals surface area contributed by atoms with Crippen LogP contribution in [-0.2, 0) is 0 Å². The van der Waals surface area contributed by atoms with E-state index in [1.807, 2.05) is 57.3 Å². The van der Waals surface area contributed by atoms with Crippen molar-refractivity contribution in [3.63, 3.8) is 0 Å². The van der Waals surface area contributed by atoms with E-state index >= 15 is 0 Å². The van der Waals surface area contributed by atoms with E-state index in [1.165, 1.54) is 0 Å². The maximum Gasteiger partial charge on any atom is 0.219 e. The van der Waals surface area contributed by atoms with Gasteiger partial charge in [0, 0.05) is 12.3 Å². The van der Waals surface area contributed by atoms with E-state index in [9.17, 15) is 0 Å². The molecule has 3 rings (SSSR count). The summed E-state index contributed by atoms with van der Waals surface area (Å²) in [5.74, 6) is 1.14. The Morgan fingerprint density at radius 2 is 2.07 bits per heavy atom. The van der Waals surface area contributed by atoms with Gasteiger partial charge in [-0.1, -0.05) is 37.8 Å². The second kappa shape index (κ2) is 10.5. The molecule has 0 aromatic carbocycles. The van der Waals surface area contributed by atoms with Crippen LogP contribution in [0.4, 0.5) is 5.69 Å². The van der Waals surface area contributed by atoms with E-state index in [2.05, 4.69) is 37.6 Å². The standard InChI is InChI=1S/C18H18N6O.C2H6/c1-13(16-6-3-4-10-20-16)22-24-23-15-8-9-18(21-12-15)25-17-7-5-11-19-14(17)2;1-2/h3-12,16,20H,1H2,2H3,(H,22,23);1-2H3. The summed E-state index contributed by atoms with van der Waals surface area (Å²) in [6, 6.07) is 7.14. The smallest absolute Gasteiger partial charge is 0.219 e. The zero-order valence-electron chi connectivity index (χ0n) is 15.8. The van der Waals surface area contributed by atoms with Crippen molar-refractivity contribution in [2.45, 2.75) is 26.8 Å². The van der Waals surface area contributed by atoms with Crippen molar-refractivity contribution < 1.29 is 4.74 Å². The molecule has 0 fully saturated rings. The van der Waals surface area contributed by atoms with Crippen molar-refractivity contribution in [1.29, 1.82) is 0 Å². The normalized spacial score (nSPS) is 14.9. The molecule has 140 valence electrons. The Kier molecular flexibility index (Phi) is 7.71. The van der Waals surface area contributed by atoms with Crippen molar-refractivity contribution in [1.82, 2.24) is 20.7 Å². The zero-order valence-corrected chi connectivity index (χ0v) is 15.8. The highest BCUT2D eigenvalue weighted by molar-refractivity contribution is 5.37. The lowest BCUT2D eigenvalue weighted by molar-refractivity contribution is 0.456. The van der Waals surface area contributed by atoms with Crippen LogP contribution >= 0.6 is 0 Å². The molecule has 1 unspecified atom stereocenters. The van der Waals surface area contributed by atoms with Gasteiger partial charge in [0.25, 0.3) is 0 Å². The molecule has 0 bridgehead atoms. The second-order valence-corrected chi connectivity index (χ2v) is 5.27. The molecule has 27 heavy (non-hydrogen) atoms. The predicted molar refractivity (Wildman–Crippen MR) is 107 cm³/mol. The Morgan fingerprint density at radius 3 is 2.74 bits per heavy atom. The van der Waals surface area contributed by atoms with Gasteiger partial charge >= 0.3 is 0 Å². The topological polar surface area (TPSA) is 83.8 Å². The van der Waals surface area contributed by atoms with E-state index in [1.54, 1.807) is 24.5 Å². The van der Waals surface area contributed by atoms with Gasteiger partial charge in [-0.15, -0.1) is 5.11 Å². The van der Waals surface area contributed by atoms with Crippen molar-refractivity contribution in [2.24, 2.45) is 10.3 Å². The average Bonchev–Trinajstić information content (AvgIpc) is 2.73. The van der Waals surface area contributed by atoms with Gasteiger partial charge in [0.2, 0.25) is 5.88 Å². The number of rotatable bonds is 6. The first-order valence-corrected chi connectivity index (χ1v) is 8.73. The molecule has 2 N–H and O–H groups in total. The minimum Gasteiger partial charge on any atom is -0.437 e. The molecular weight excluding hydrogens is 340 g/mol. The molecule has 0 aliphatic carbocycles. The van der Waals surface area contributed by atoms with Gasteiger partial charge in [-0.2, -0.15) is 0 Å². The molecule has 0 saturated carbocycles. The Bertz CT molecular complexity index is 827. The quantitative estimate of drug-likeness (QED) is 0.571. The Labute approximate surface area is 159 Å². The molecular formula is C20H24N6O. The molecule has 3 heterocycles. The lowest BCUT2D eigenvalue weighted by atomic mass is 10.2. The minimum atomic E-state index is -0.0134. The first-order chi connectivity index (χ1) is 13.2. The van der Waals surface area contributed by atoms with Crippen LogP contribution in [0.5, 0.6) is 11.6 Å². The van der Waals surface area contributed by atoms with E-state index in [0.717, 1.165) is 5.69 Å². The highest BCUT2D eigenvalue weighted by Gasteiger charge is 2.07. The van der Waals surface area contributed by atoms with Gasteiger partial charge in [-0.25, -0.2) is 4.98 Å². The van der Waals surface area contributed by atoms with Crippen LogP contribution in [0.2, 0.25) is 0 Å². The second-order valence-electron chi connectivity index (χ2n) is 5.27. The van der Waals surface area contributed by atoms with Crippen LogP contribution in [0.15, 0.2) is 83.7 Å². The molecule has 0 amide bonds. The molecule has 0 radical (unpaired) electrons. The van der Waals surface area contributed by atoms with Gasteiger partial charge in [-0.3, -0.25) is 10.4 Å². The summed E-state index contributed by atoms with van der Waals surface area (Å²) in [6.07, 6.45) is 11.0. The fourth-order valence-electron chi connectivity index (χ4n) is 2.06. The number of dihydropyridines is 1. The van der Waals surface area contributed by atoms with Crippen LogP contribution in [0, 0.1) is 6.92 Å². The van der Waals surface area contributed by atoms with Crippen LogP contribution in [0.3, 0.4) is 0 Å². The van der Waals surface area contributed by atoms with Crippen molar-refractivity contribution >= 4 is 5.69 Å². The van der Waals surface area contributed by atoms with Gasteiger partial charge < -0.3 is 10.1 Å². The summed E-state index contributed by atoms with van der Waals surface area (Å²) in [4.78, 5) is 8.39. The number of nitrogens with one attached hydrogen (secondary N) is 2. The molecule has 1 atom stereocenters. The summed E-state index contributed by atoms with van der Waals surface area (Å²) < 4.78 is 5.69. The number of hydrogen-bond acceptors (Lipinski definition) is 6. The highest BCUT2D eigenvalue weighted by atomic mass is 16.5. The van der Waals surface area contributed by atoms with Crippen LogP contribution in [0.25, 0.3) is 0 Å². The number of hydrogen-bond donors (Lipinski definition) is 2. The summed E-state index contributed by atoms with van der Waals surface area (Å²) in [5.41, 5.74) is 4.91. The Balaban J connectivity index is 0.00000126. The van der Waals surface area contributed by atoms with Gasteiger partial charge in [0.15, 0.2) is 5.75 Å². The molecule has 1 aliphatic heterocycles. The highest BCUT2D eigenvalue weighted by Crippen LogP contribution is 2.23. The Hall–Kier alpha value is -3.48. The number of ether oxygens (including phenoxy) is 1. The summed E-state index contributed by atoms with van der Waals surface area (Å²) in [7, 11) is 0. The molecule has 7 heteroatoms. The van der Waals surface area contributed by atoms with Crippen molar-refractivity contribution in [3.8, 4) is 11.6 Å². The third-order valence-electron chi connectivity index (χ3n) is 3.41. The van der Waals surface area contributed by atoms with E-state index in [4.69, 9.17) is 4.74 Å². The van der Waals surface area contributed by atoms with Gasteiger partial charge in [-0.05, 0) is 37.4 Å². The van der Waals surface area contributed by atoms with E-state index in [-0.39, 0.29) is 6.04 Å². The third-order valence-corrected chi connectivity index (χ3v) is 3.41. The van der Waals surface area contributed by atoms with E-state index < -0.39 is 0 Å². The predicted octanol–water partition coefficient (Wildman–Crippen LogP) is 4.75. The Morgan fingerprint density at radius 1 is 1.22 bits per heavy atom. The van der Waals surface area contributed by atoms with Crippen molar-refractivity contribution in [2.75, 3.05) is 0 Å². The molecule has 1 aliphatic rings. The fourth-order valence-corrected chi connectivity index (χ4v) is 2.06. The lowest BCUT2D eigenvalue weighted by Crippen LogP contribution is -2.30. The number of aryl methyl sites for hydroxylation is 1. The summed E-state index contributed by atoms with van der Waals surface area (Å²) in [6.45, 7) is 9.80. The molecule has 7 nitrogen and oxygen atoms in total. The maximum absolute atomic E-state index is 5.69. The molecule has 0 saturated heterocycles. The average molecular weight is 364 g/mol. The SMILES string of the molecule is C=C(NN=Nc1ccc(Oc2cccnc2C)nc1)C1C=CC=CN1.CC. The summed E-state index contributed by atoms with van der Waals surface area (Å²) in [5, 5.41) is 11.1. The molecule has 2 aromatic heterocycles. The lowest BCUT2D eigenvalue weighted by Gasteiger charge is -2.16. The van der Waals surface area contributed by atoms with Crippen LogP contribution < -0.4 is 15.5 Å². The van der Waals surface area contributed by atoms with Gasteiger partial charge in [0.05, 0.1) is 23.6 Å². The number of aromatic nitrogens is 2. The van der Waals surface area contributed by atoms with E-state index in [0.29, 0.717) is 23.0 Å². The van der Waals surface area contributed by atoms with Crippen LogP contribution in [0.1, 0.15) is 19.5 Å². The van der Waals surface area contributed by atoms with Gasteiger partial charge in [0.1, 0.15) is 5.69 Å². The first-order valence-electron chi connectivity index (χ1n) is 8.73. The molecule has 0 spiro atoms. The maximum atomic E-state index is 5.69. The van der Waals surface area contributed by atoms with Crippen LogP contribution in [-0.4, -0.2) is 16.0 Å². The molecule has 2 aromatic rings. The first kappa shape index (κ1) is 19.8.